The Morgan fingerprint density at radius 3 is 1.91 bits per heavy atom. The van der Waals surface area contributed by atoms with Gasteiger partial charge in [0, 0.05) is 38.0 Å². The van der Waals surface area contributed by atoms with E-state index in [4.69, 9.17) is 9.47 Å². The van der Waals surface area contributed by atoms with E-state index >= 15 is 0 Å². The van der Waals surface area contributed by atoms with Gasteiger partial charge in [0.25, 0.3) is 0 Å². The summed E-state index contributed by atoms with van der Waals surface area (Å²) in [6.07, 6.45) is 20.8. The first kappa shape index (κ1) is 35.1. The molecule has 3 aromatic rings. The summed E-state index contributed by atoms with van der Waals surface area (Å²) in [5, 5.41) is 22.8. The topological polar surface area (TPSA) is 66.0 Å². The van der Waals surface area contributed by atoms with Crippen LogP contribution < -0.4 is 9.47 Å². The molecule has 1 aliphatic rings. The zero-order valence-corrected chi connectivity index (χ0v) is 27.9. The number of fused-ring (bicyclic) bond motifs is 1. The Bertz CT molecular complexity index is 1280. The molecule has 0 aliphatic carbocycles. The number of unbranched alkanes of at least 4 members (excludes halogenated alkanes) is 10. The fourth-order valence-electron chi connectivity index (χ4n) is 6.25. The Morgan fingerprint density at radius 1 is 0.711 bits per heavy atom. The van der Waals surface area contributed by atoms with Crippen molar-refractivity contribution in [3.05, 3.63) is 72.1 Å². The molecule has 6 heteroatoms. The number of aliphatic hydroxyl groups excluding tert-OH is 2. The molecule has 0 saturated carbocycles. The first-order valence-electron chi connectivity index (χ1n) is 17.5. The second kappa shape index (κ2) is 19.0. The van der Waals surface area contributed by atoms with Gasteiger partial charge in [-0.25, -0.2) is 4.57 Å². The number of hydrogen-bond donors (Lipinski definition) is 2. The van der Waals surface area contributed by atoms with Crippen molar-refractivity contribution in [3.8, 4) is 0 Å². The van der Waals surface area contributed by atoms with Gasteiger partial charge in [0.2, 0.25) is 0 Å². The van der Waals surface area contributed by atoms with E-state index in [1.165, 1.54) is 106 Å². The lowest BCUT2D eigenvalue weighted by Gasteiger charge is -2.25. The highest BCUT2D eigenvalue weighted by Crippen LogP contribution is 2.26. The highest BCUT2D eigenvalue weighted by atomic mass is 16.7. The van der Waals surface area contributed by atoms with Crippen LogP contribution in [0, 0.1) is 0 Å². The monoisotopic (exact) mass is 617 g/mol. The molecule has 4 atom stereocenters. The van der Waals surface area contributed by atoms with E-state index in [0.29, 0.717) is 6.54 Å². The molecule has 0 amide bonds. The van der Waals surface area contributed by atoms with E-state index in [1.54, 1.807) is 0 Å². The molecule has 1 aliphatic heterocycles. The maximum absolute atomic E-state index is 10.3. The molecule has 1 unspecified atom stereocenters. The first-order chi connectivity index (χ1) is 22.0. The van der Waals surface area contributed by atoms with Gasteiger partial charge in [-0.15, -0.1) is 0 Å². The van der Waals surface area contributed by atoms with E-state index in [-0.39, 0.29) is 0 Å². The number of ether oxygens (including phenoxy) is 2. The van der Waals surface area contributed by atoms with Gasteiger partial charge < -0.3 is 24.6 Å². The quantitative estimate of drug-likeness (QED) is 0.0996. The lowest BCUT2D eigenvalue weighted by molar-refractivity contribution is -0.704. The lowest BCUT2D eigenvalue weighted by Crippen LogP contribution is -2.44. The summed E-state index contributed by atoms with van der Waals surface area (Å²) in [6, 6.07) is 17.8. The van der Waals surface area contributed by atoms with E-state index < -0.39 is 24.6 Å². The van der Waals surface area contributed by atoms with Crippen molar-refractivity contribution >= 4 is 28.6 Å². The number of rotatable bonds is 20. The maximum Gasteiger partial charge on any atom is 0.186 e. The minimum Gasteiger partial charge on any atom is -0.387 e. The minimum atomic E-state index is -1.04. The third-order valence-electron chi connectivity index (χ3n) is 9.10. The fourth-order valence-corrected chi connectivity index (χ4v) is 6.25. The summed E-state index contributed by atoms with van der Waals surface area (Å²) in [5.41, 5.74) is 3.61. The van der Waals surface area contributed by atoms with Crippen LogP contribution >= 0.6 is 0 Å². The van der Waals surface area contributed by atoms with Gasteiger partial charge >= 0.3 is 0 Å². The molecule has 4 rings (SSSR count). The molecule has 1 aromatic heterocycles. The third kappa shape index (κ3) is 10.9. The molecule has 0 bridgehead atoms. The average Bonchev–Trinajstić information content (AvgIpc) is 3.34. The molecule has 2 aromatic carbocycles. The van der Waals surface area contributed by atoms with Crippen LogP contribution in [0.3, 0.4) is 0 Å². The molecule has 0 spiro atoms. The van der Waals surface area contributed by atoms with Gasteiger partial charge in [-0.3, -0.25) is 0 Å². The maximum atomic E-state index is 10.3. The number of benzene rings is 2. The second-order valence-corrected chi connectivity index (χ2v) is 12.7. The molecular weight excluding hydrogens is 560 g/mol. The Balaban J connectivity index is 1.35. The van der Waals surface area contributed by atoms with Gasteiger partial charge in [0.05, 0.1) is 0 Å². The van der Waals surface area contributed by atoms with Crippen LogP contribution in [0.2, 0.25) is 0 Å². The summed E-state index contributed by atoms with van der Waals surface area (Å²) in [4.78, 5) is 2.63. The zero-order chi connectivity index (χ0) is 31.9. The van der Waals surface area contributed by atoms with Crippen LogP contribution in [0.25, 0.3) is 22.9 Å². The van der Waals surface area contributed by atoms with Crippen LogP contribution in [0.5, 0.6) is 0 Å². The first-order valence-corrected chi connectivity index (χ1v) is 17.5. The fraction of sp³-hybridized carbons (Fsp3) is 0.564. The van der Waals surface area contributed by atoms with Gasteiger partial charge in [-0.2, -0.15) is 0 Å². The molecule has 0 radical (unpaired) electrons. The van der Waals surface area contributed by atoms with E-state index in [2.05, 4.69) is 67.3 Å². The van der Waals surface area contributed by atoms with Crippen LogP contribution in [0.15, 0.2) is 60.9 Å². The average molecular weight is 618 g/mol. The molecule has 1 fully saturated rings. The van der Waals surface area contributed by atoms with Crippen LogP contribution in [-0.2, 0) is 16.0 Å². The number of pyridine rings is 1. The van der Waals surface area contributed by atoms with Crippen molar-refractivity contribution in [2.45, 2.75) is 122 Å². The van der Waals surface area contributed by atoms with Crippen LogP contribution in [-0.4, -0.2) is 55.0 Å². The van der Waals surface area contributed by atoms with Crippen molar-refractivity contribution in [2.24, 2.45) is 0 Å². The predicted molar refractivity (Wildman–Crippen MR) is 186 cm³/mol. The number of hydrogen-bond acceptors (Lipinski definition) is 5. The van der Waals surface area contributed by atoms with Crippen LogP contribution in [0.4, 0.5) is 5.69 Å². The molecule has 1 saturated heterocycles. The van der Waals surface area contributed by atoms with Crippen LogP contribution in [0.1, 0.15) is 102 Å². The largest absolute Gasteiger partial charge is 0.387 e. The van der Waals surface area contributed by atoms with E-state index in [0.717, 1.165) is 18.7 Å². The molecule has 246 valence electrons. The van der Waals surface area contributed by atoms with Crippen molar-refractivity contribution < 1.29 is 24.3 Å². The smallest absolute Gasteiger partial charge is 0.186 e. The Labute approximate surface area is 271 Å². The Kier molecular flexibility index (Phi) is 14.8. The summed E-state index contributed by atoms with van der Waals surface area (Å²) in [5.74, 6) is 0. The standard InChI is InChI=1S/C39H57N2O4/c1-4-6-8-10-12-14-24-41(25-15-13-11-9-7-5-2)35-21-20-33-28-32(18-19-34(33)29-35)17-16-31-22-26-40(27-23-31)30-36-37(42)38(43)39(44-3)45-36/h16-23,26-29,36-39,42-43H,4-15,24-25,30H2,1-3H3/q+1/t36-,37-,38-,39?/m1/s1. The number of nitrogens with zero attached hydrogens (tertiary/aromatic N) is 2. The highest BCUT2D eigenvalue weighted by molar-refractivity contribution is 5.88. The number of anilines is 1. The summed E-state index contributed by atoms with van der Waals surface area (Å²) >= 11 is 0. The van der Waals surface area contributed by atoms with Crippen molar-refractivity contribution in [1.29, 1.82) is 0 Å². The Hall–Kier alpha value is -2.77. The number of aromatic nitrogens is 1. The normalized spacial score (nSPS) is 20.0. The molecule has 2 heterocycles. The Morgan fingerprint density at radius 2 is 1.29 bits per heavy atom. The minimum absolute atomic E-state index is 0.435. The predicted octanol–water partition coefficient (Wildman–Crippen LogP) is 7.92. The molecule has 2 N–H and O–H groups in total. The van der Waals surface area contributed by atoms with Gasteiger partial charge in [0.15, 0.2) is 25.2 Å². The van der Waals surface area contributed by atoms with Crippen molar-refractivity contribution in [2.75, 3.05) is 25.1 Å². The van der Waals surface area contributed by atoms with Crippen molar-refractivity contribution in [1.82, 2.24) is 0 Å². The number of aliphatic hydroxyl groups is 2. The molecule has 45 heavy (non-hydrogen) atoms. The summed E-state index contributed by atoms with van der Waals surface area (Å²) in [7, 11) is 1.47. The zero-order valence-electron chi connectivity index (χ0n) is 27.9. The number of methoxy groups -OCH3 is 1. The second-order valence-electron chi connectivity index (χ2n) is 12.7. The summed E-state index contributed by atoms with van der Waals surface area (Å²) in [6.45, 7) is 7.30. The van der Waals surface area contributed by atoms with Gasteiger partial charge in [-0.05, 0) is 52.9 Å². The lowest BCUT2D eigenvalue weighted by atomic mass is 10.0. The van der Waals surface area contributed by atoms with Gasteiger partial charge in [0.1, 0.15) is 18.3 Å². The molecule has 6 nitrogen and oxygen atoms in total. The highest BCUT2D eigenvalue weighted by Gasteiger charge is 2.44. The molecular formula is C39H57N2O4+. The van der Waals surface area contributed by atoms with E-state index in [9.17, 15) is 10.2 Å². The SMILES string of the molecule is CCCCCCCCN(CCCCCCCC)c1ccc2cc(/C=C/c3cc[n+](C[C@H]4OC(OC)[C@H](O)[C@@H]4O)cc3)ccc2c1. The van der Waals surface area contributed by atoms with Gasteiger partial charge in [-0.1, -0.05) is 108 Å². The third-order valence-corrected chi connectivity index (χ3v) is 9.10. The van der Waals surface area contributed by atoms with E-state index in [1.807, 2.05) is 29.1 Å². The summed E-state index contributed by atoms with van der Waals surface area (Å²) < 4.78 is 12.7. The van der Waals surface area contributed by atoms with Crippen molar-refractivity contribution in [3.63, 3.8) is 0 Å².